The zero-order valence-corrected chi connectivity index (χ0v) is 10.8. The SMILES string of the molecule is O=S1CCC(Nc2cc(Cl)nnc2Cl)CC1. The van der Waals surface area contributed by atoms with Crippen LogP contribution in [0.2, 0.25) is 10.3 Å². The van der Waals surface area contributed by atoms with Gasteiger partial charge in [-0.1, -0.05) is 23.2 Å². The highest BCUT2D eigenvalue weighted by Gasteiger charge is 2.18. The van der Waals surface area contributed by atoms with E-state index in [1.165, 1.54) is 0 Å². The maximum Gasteiger partial charge on any atom is 0.174 e. The Kier molecular flexibility index (Phi) is 4.00. The molecule has 1 aromatic heterocycles. The van der Waals surface area contributed by atoms with Gasteiger partial charge in [-0.25, -0.2) is 0 Å². The highest BCUT2D eigenvalue weighted by atomic mass is 35.5. The normalized spacial score (nSPS) is 25.4. The minimum absolute atomic E-state index is 0.287. The third-order valence-corrected chi connectivity index (χ3v) is 4.31. The summed E-state index contributed by atoms with van der Waals surface area (Å²) in [5.41, 5.74) is 0.694. The average molecular weight is 280 g/mol. The van der Waals surface area contributed by atoms with Crippen molar-refractivity contribution in [3.63, 3.8) is 0 Å². The third kappa shape index (κ3) is 3.06. The Labute approximate surface area is 106 Å². The second kappa shape index (κ2) is 5.29. The van der Waals surface area contributed by atoms with E-state index in [0.29, 0.717) is 16.0 Å². The smallest absolute Gasteiger partial charge is 0.174 e. The summed E-state index contributed by atoms with van der Waals surface area (Å²) in [7, 11) is -0.656. The predicted octanol–water partition coefficient (Wildman–Crippen LogP) is 2.11. The minimum Gasteiger partial charge on any atom is -0.380 e. The highest BCUT2D eigenvalue weighted by molar-refractivity contribution is 7.85. The second-order valence-corrected chi connectivity index (χ2v) is 6.08. The highest BCUT2D eigenvalue weighted by Crippen LogP contribution is 2.24. The Morgan fingerprint density at radius 3 is 2.69 bits per heavy atom. The number of anilines is 1. The Morgan fingerprint density at radius 2 is 2.00 bits per heavy atom. The van der Waals surface area contributed by atoms with Crippen molar-refractivity contribution < 1.29 is 4.21 Å². The van der Waals surface area contributed by atoms with Crippen LogP contribution < -0.4 is 5.32 Å². The molecule has 2 rings (SSSR count). The van der Waals surface area contributed by atoms with Crippen LogP contribution >= 0.6 is 23.2 Å². The Morgan fingerprint density at radius 1 is 1.31 bits per heavy atom. The molecule has 88 valence electrons. The van der Waals surface area contributed by atoms with Crippen molar-refractivity contribution in [3.05, 3.63) is 16.4 Å². The van der Waals surface area contributed by atoms with Crippen LogP contribution in [-0.2, 0) is 10.8 Å². The Balaban J connectivity index is 2.03. The fourth-order valence-electron chi connectivity index (χ4n) is 1.61. The van der Waals surface area contributed by atoms with Gasteiger partial charge >= 0.3 is 0 Å². The molecule has 1 fully saturated rings. The van der Waals surface area contributed by atoms with Crippen molar-refractivity contribution in [2.24, 2.45) is 0 Å². The quantitative estimate of drug-likeness (QED) is 0.901. The largest absolute Gasteiger partial charge is 0.380 e. The van der Waals surface area contributed by atoms with Gasteiger partial charge in [-0.15, -0.1) is 10.2 Å². The van der Waals surface area contributed by atoms with Crippen LogP contribution in [0.4, 0.5) is 5.69 Å². The summed E-state index contributed by atoms with van der Waals surface area (Å²) in [5, 5.41) is 11.2. The summed E-state index contributed by atoms with van der Waals surface area (Å²) >= 11 is 11.6. The lowest BCUT2D eigenvalue weighted by Crippen LogP contribution is -2.29. The van der Waals surface area contributed by atoms with Gasteiger partial charge in [-0.05, 0) is 12.8 Å². The molecule has 1 N–H and O–H groups in total. The molecule has 0 spiro atoms. The van der Waals surface area contributed by atoms with Gasteiger partial charge in [0.15, 0.2) is 10.3 Å². The second-order valence-electron chi connectivity index (χ2n) is 3.64. The molecule has 0 amide bonds. The van der Waals surface area contributed by atoms with E-state index in [1.807, 2.05) is 0 Å². The van der Waals surface area contributed by atoms with E-state index in [2.05, 4.69) is 15.5 Å². The molecular formula is C9H11Cl2N3OS. The van der Waals surface area contributed by atoms with Gasteiger partial charge in [0.05, 0.1) is 5.69 Å². The molecule has 1 saturated heterocycles. The molecule has 0 saturated carbocycles. The first kappa shape index (κ1) is 12.1. The molecular weight excluding hydrogens is 269 g/mol. The van der Waals surface area contributed by atoms with Crippen molar-refractivity contribution in [1.82, 2.24) is 10.2 Å². The number of hydrogen-bond donors (Lipinski definition) is 1. The summed E-state index contributed by atoms with van der Waals surface area (Å²) in [5.74, 6) is 1.48. The van der Waals surface area contributed by atoms with Gasteiger partial charge < -0.3 is 5.32 Å². The van der Waals surface area contributed by atoms with Gasteiger partial charge in [0.25, 0.3) is 0 Å². The molecule has 4 nitrogen and oxygen atoms in total. The van der Waals surface area contributed by atoms with Gasteiger partial charge in [0.2, 0.25) is 0 Å². The van der Waals surface area contributed by atoms with Crippen molar-refractivity contribution in [1.29, 1.82) is 0 Å². The van der Waals surface area contributed by atoms with Gasteiger partial charge in [0, 0.05) is 34.4 Å². The first-order valence-corrected chi connectivity index (χ1v) is 7.20. The van der Waals surface area contributed by atoms with Crippen LogP contribution in [-0.4, -0.2) is 32.0 Å². The number of halogens is 2. The van der Waals surface area contributed by atoms with Crippen LogP contribution in [0, 0.1) is 0 Å². The maximum absolute atomic E-state index is 11.2. The zero-order valence-electron chi connectivity index (χ0n) is 8.45. The molecule has 0 unspecified atom stereocenters. The topological polar surface area (TPSA) is 54.9 Å². The van der Waals surface area contributed by atoms with Crippen LogP contribution in [0.1, 0.15) is 12.8 Å². The first-order valence-electron chi connectivity index (χ1n) is 4.95. The summed E-state index contributed by atoms with van der Waals surface area (Å²) < 4.78 is 11.2. The summed E-state index contributed by atoms with van der Waals surface area (Å²) in [6.07, 6.45) is 1.76. The van der Waals surface area contributed by atoms with E-state index in [4.69, 9.17) is 23.2 Å². The van der Waals surface area contributed by atoms with Crippen LogP contribution in [0.15, 0.2) is 6.07 Å². The van der Waals surface area contributed by atoms with Crippen molar-refractivity contribution in [2.45, 2.75) is 18.9 Å². The number of nitrogens with zero attached hydrogens (tertiary/aromatic N) is 2. The van der Waals surface area contributed by atoms with E-state index >= 15 is 0 Å². The van der Waals surface area contributed by atoms with Gasteiger partial charge in [-0.2, -0.15) is 0 Å². The lowest BCUT2D eigenvalue weighted by Gasteiger charge is -2.23. The predicted molar refractivity (Wildman–Crippen MR) is 66.6 cm³/mol. The van der Waals surface area contributed by atoms with Gasteiger partial charge in [-0.3, -0.25) is 4.21 Å². The van der Waals surface area contributed by atoms with Crippen molar-refractivity contribution in [2.75, 3.05) is 16.8 Å². The molecule has 0 aromatic carbocycles. The molecule has 1 aliphatic rings. The van der Waals surface area contributed by atoms with E-state index < -0.39 is 10.8 Å². The number of nitrogens with one attached hydrogen (secondary N) is 1. The first-order chi connectivity index (χ1) is 7.65. The van der Waals surface area contributed by atoms with Gasteiger partial charge in [0.1, 0.15) is 0 Å². The number of hydrogen-bond acceptors (Lipinski definition) is 4. The van der Waals surface area contributed by atoms with Crippen LogP contribution in [0.3, 0.4) is 0 Å². The lowest BCUT2D eigenvalue weighted by molar-refractivity contribution is 0.624. The number of rotatable bonds is 2. The lowest BCUT2D eigenvalue weighted by atomic mass is 10.1. The molecule has 0 aliphatic carbocycles. The van der Waals surface area contributed by atoms with Crippen molar-refractivity contribution >= 4 is 39.7 Å². The standard InChI is InChI=1S/C9H11Cl2N3OS/c10-8-5-7(9(11)14-13-8)12-6-1-3-16(15)4-2-6/h5-6H,1-4H2,(H,12,13). The molecule has 0 bridgehead atoms. The summed E-state index contributed by atoms with van der Waals surface area (Å²) in [6.45, 7) is 0. The Bertz CT molecular complexity index is 406. The van der Waals surface area contributed by atoms with E-state index in [-0.39, 0.29) is 6.04 Å². The van der Waals surface area contributed by atoms with E-state index in [0.717, 1.165) is 24.3 Å². The van der Waals surface area contributed by atoms with Crippen LogP contribution in [0.25, 0.3) is 0 Å². The molecule has 0 radical (unpaired) electrons. The molecule has 16 heavy (non-hydrogen) atoms. The summed E-state index contributed by atoms with van der Waals surface area (Å²) in [6, 6.07) is 1.94. The summed E-state index contributed by atoms with van der Waals surface area (Å²) in [4.78, 5) is 0. The fourth-order valence-corrected chi connectivity index (χ4v) is 3.21. The van der Waals surface area contributed by atoms with E-state index in [9.17, 15) is 4.21 Å². The molecule has 2 heterocycles. The monoisotopic (exact) mass is 279 g/mol. The Hall–Kier alpha value is -0.390. The molecule has 0 atom stereocenters. The van der Waals surface area contributed by atoms with Crippen molar-refractivity contribution in [3.8, 4) is 0 Å². The van der Waals surface area contributed by atoms with E-state index in [1.54, 1.807) is 6.07 Å². The fraction of sp³-hybridized carbons (Fsp3) is 0.556. The third-order valence-electron chi connectivity index (χ3n) is 2.47. The molecule has 1 aliphatic heterocycles. The zero-order chi connectivity index (χ0) is 11.5. The minimum atomic E-state index is -0.656. The molecule has 1 aromatic rings. The average Bonchev–Trinajstić information content (AvgIpc) is 2.27. The molecule has 7 heteroatoms. The van der Waals surface area contributed by atoms with Crippen LogP contribution in [0.5, 0.6) is 0 Å². The maximum atomic E-state index is 11.2. The number of aromatic nitrogens is 2.